The molecule has 6 aromatic carbocycles. The smallest absolute Gasteiger partial charge is 0.259 e. The Morgan fingerprint density at radius 2 is 0.839 bits per heavy atom. The summed E-state index contributed by atoms with van der Waals surface area (Å²) in [7, 11) is 0. The molecule has 0 aliphatic rings. The molecular weight excluding hydrogens is 1110 g/mol. The second kappa shape index (κ2) is 21.2. The Balaban J connectivity index is 0.000000187. The molecule has 0 saturated heterocycles. The molecule has 0 radical (unpaired) electrons. The molecule has 0 aliphatic carbocycles. The highest BCUT2D eigenvalue weighted by molar-refractivity contribution is 9.11. The summed E-state index contributed by atoms with van der Waals surface area (Å²) < 4.78 is 3.77. The van der Waals surface area contributed by atoms with Crippen molar-refractivity contribution < 1.29 is 29.7 Å². The number of rotatable bonds is 6. The van der Waals surface area contributed by atoms with Crippen molar-refractivity contribution in [3.8, 4) is 17.2 Å². The van der Waals surface area contributed by atoms with Gasteiger partial charge in [-0.15, -0.1) is 0 Å². The first kappa shape index (κ1) is 45.1. The van der Waals surface area contributed by atoms with Crippen LogP contribution in [0.25, 0.3) is 0 Å². The van der Waals surface area contributed by atoms with Crippen molar-refractivity contribution in [2.45, 2.75) is 0 Å². The van der Waals surface area contributed by atoms with Gasteiger partial charge in [-0.25, -0.2) is 0 Å². The second-order valence-electron chi connectivity index (χ2n) is 11.1. The molecule has 0 saturated carbocycles. The third-order valence-corrected chi connectivity index (χ3v) is 10.4. The number of carbonyl (C=O) groups excluding carboxylic acids is 3. The van der Waals surface area contributed by atoms with Crippen molar-refractivity contribution in [3.63, 3.8) is 0 Å². The Bertz CT molecular complexity index is 2260. The minimum atomic E-state index is -0.510. The molecule has 288 valence electrons. The van der Waals surface area contributed by atoms with Crippen LogP contribution in [-0.2, 0) is 0 Å². The Labute approximate surface area is 378 Å². The Hall–Kier alpha value is -3.60. The molecule has 17 heteroatoms. The quantitative estimate of drug-likeness (QED) is 0.0979. The van der Waals surface area contributed by atoms with Crippen LogP contribution in [0.4, 0.5) is 17.1 Å². The molecule has 0 aliphatic heterocycles. The summed E-state index contributed by atoms with van der Waals surface area (Å²) >= 11 is 33.7. The highest BCUT2D eigenvalue weighted by Gasteiger charge is 2.17. The van der Waals surface area contributed by atoms with Gasteiger partial charge in [0.25, 0.3) is 17.7 Å². The summed E-state index contributed by atoms with van der Waals surface area (Å²) in [5.41, 5.74) is 2.31. The number of halogens is 8. The SMILES string of the molecule is O=C(Nc1ccc(Br)cc1)c1cc(Br)cc(Br)c1O.O=C(Nc1ccc(Br)cc1)c1cc(Br)ccc1O.O=C(Nc1ccc(Cl)cc1)c1cc(Cl)cc(Cl)c1O. The van der Waals surface area contributed by atoms with Gasteiger partial charge in [-0.1, -0.05) is 98.5 Å². The number of phenolic OH excluding ortho intramolecular Hbond substituents is 3. The number of hydrogen-bond acceptors (Lipinski definition) is 6. The fraction of sp³-hybridized carbons (Fsp3) is 0. The van der Waals surface area contributed by atoms with Gasteiger partial charge in [-0.3, -0.25) is 14.4 Å². The zero-order valence-electron chi connectivity index (χ0n) is 28.1. The predicted octanol–water partition coefficient (Wildman–Crippen LogP) is 13.7. The standard InChI is InChI=1S/C13H8Br3NO2.C13H9Br2NO2.C13H8Cl3NO2/c14-7-1-3-9(4-2-7)17-13(19)10-5-8(15)6-11(16)12(10)18;14-8-1-4-10(5-2-8)16-13(18)11-7-9(15)3-6-12(11)17;14-7-1-3-9(4-2-7)17-13(19)10-5-8(15)6-11(16)12(10)18/h1-6,18H,(H,17,19);1-7,17H,(H,16,18);1-6,18H,(H,17,19). The molecule has 6 rings (SSSR count). The number of aromatic hydroxyl groups is 3. The van der Waals surface area contributed by atoms with Crippen LogP contribution in [-0.4, -0.2) is 33.0 Å². The van der Waals surface area contributed by atoms with E-state index in [1.807, 2.05) is 24.3 Å². The normalized spacial score (nSPS) is 10.2. The van der Waals surface area contributed by atoms with E-state index in [4.69, 9.17) is 34.8 Å². The molecule has 0 atom stereocenters. The number of nitrogens with one attached hydrogen (secondary N) is 3. The van der Waals surface area contributed by atoms with Gasteiger partial charge in [-0.2, -0.15) is 0 Å². The van der Waals surface area contributed by atoms with Gasteiger partial charge < -0.3 is 31.3 Å². The van der Waals surface area contributed by atoms with E-state index in [1.165, 1.54) is 18.2 Å². The summed E-state index contributed by atoms with van der Waals surface area (Å²) in [4.78, 5) is 36.1. The van der Waals surface area contributed by atoms with E-state index in [-0.39, 0.29) is 55.8 Å². The molecule has 0 fully saturated rings. The molecule has 0 aromatic heterocycles. The maximum atomic E-state index is 12.1. The lowest BCUT2D eigenvalue weighted by molar-refractivity contribution is 0.101. The summed E-state index contributed by atoms with van der Waals surface area (Å²) in [5, 5.41) is 38.1. The molecule has 6 aromatic rings. The number of hydrogen-bond donors (Lipinski definition) is 6. The van der Waals surface area contributed by atoms with E-state index in [1.54, 1.807) is 72.8 Å². The van der Waals surface area contributed by atoms with Crippen LogP contribution < -0.4 is 16.0 Å². The van der Waals surface area contributed by atoms with Gasteiger partial charge in [0.05, 0.1) is 26.2 Å². The zero-order chi connectivity index (χ0) is 41.1. The highest BCUT2D eigenvalue weighted by atomic mass is 79.9. The first-order chi connectivity index (χ1) is 26.5. The van der Waals surface area contributed by atoms with E-state index in [9.17, 15) is 29.7 Å². The van der Waals surface area contributed by atoms with E-state index >= 15 is 0 Å². The van der Waals surface area contributed by atoms with Crippen molar-refractivity contribution in [1.82, 2.24) is 0 Å². The number of benzene rings is 6. The highest BCUT2D eigenvalue weighted by Crippen LogP contribution is 2.33. The van der Waals surface area contributed by atoms with Gasteiger partial charge in [0.1, 0.15) is 17.2 Å². The summed E-state index contributed by atoms with van der Waals surface area (Å²) in [6, 6.07) is 31.6. The van der Waals surface area contributed by atoms with Gasteiger partial charge >= 0.3 is 0 Å². The van der Waals surface area contributed by atoms with Crippen LogP contribution >= 0.6 is 114 Å². The van der Waals surface area contributed by atoms with Crippen LogP contribution in [0.15, 0.2) is 138 Å². The molecule has 0 bridgehead atoms. The lowest BCUT2D eigenvalue weighted by Gasteiger charge is -2.09. The summed E-state index contributed by atoms with van der Waals surface area (Å²) in [6.07, 6.45) is 0. The molecular formula is C39H25Br5Cl3N3O6. The van der Waals surface area contributed by atoms with Crippen LogP contribution in [0, 0.1) is 0 Å². The van der Waals surface area contributed by atoms with Crippen LogP contribution in [0.3, 0.4) is 0 Å². The maximum absolute atomic E-state index is 12.1. The Morgan fingerprint density at radius 1 is 0.429 bits per heavy atom. The molecule has 9 nitrogen and oxygen atoms in total. The third kappa shape index (κ3) is 13.5. The average molecular weight is 1140 g/mol. The van der Waals surface area contributed by atoms with Gasteiger partial charge in [0.2, 0.25) is 0 Å². The van der Waals surface area contributed by atoms with E-state index in [0.29, 0.717) is 31.0 Å². The lowest BCUT2D eigenvalue weighted by atomic mass is 10.2. The van der Waals surface area contributed by atoms with Gasteiger partial charge in [-0.05, 0) is 131 Å². The number of carbonyl (C=O) groups is 3. The van der Waals surface area contributed by atoms with Gasteiger partial charge in [0, 0.05) is 45.0 Å². The van der Waals surface area contributed by atoms with E-state index in [2.05, 4.69) is 95.6 Å². The average Bonchev–Trinajstić information content (AvgIpc) is 3.15. The van der Waals surface area contributed by atoms with Crippen LogP contribution in [0.2, 0.25) is 15.1 Å². The monoisotopic (exact) mass is 1130 g/mol. The molecule has 0 unspecified atom stereocenters. The number of amides is 3. The number of anilines is 3. The molecule has 56 heavy (non-hydrogen) atoms. The minimum Gasteiger partial charge on any atom is -0.507 e. The largest absolute Gasteiger partial charge is 0.507 e. The fourth-order valence-corrected chi connectivity index (χ4v) is 7.10. The lowest BCUT2D eigenvalue weighted by Crippen LogP contribution is -2.12. The van der Waals surface area contributed by atoms with Crippen molar-refractivity contribution in [2.75, 3.05) is 16.0 Å². The Morgan fingerprint density at radius 3 is 1.34 bits per heavy atom. The second-order valence-corrected chi connectivity index (χ2v) is 16.9. The van der Waals surface area contributed by atoms with E-state index < -0.39 is 5.91 Å². The fourth-order valence-electron chi connectivity index (χ4n) is 4.36. The van der Waals surface area contributed by atoms with Gasteiger partial charge in [0.15, 0.2) is 0 Å². The first-order valence-electron chi connectivity index (χ1n) is 15.6. The predicted molar refractivity (Wildman–Crippen MR) is 241 cm³/mol. The molecule has 0 heterocycles. The first-order valence-corrected chi connectivity index (χ1v) is 20.7. The van der Waals surface area contributed by atoms with Crippen molar-refractivity contribution in [1.29, 1.82) is 0 Å². The molecule has 6 N–H and O–H groups in total. The molecule has 3 amide bonds. The molecule has 0 spiro atoms. The third-order valence-electron chi connectivity index (χ3n) is 7.06. The van der Waals surface area contributed by atoms with Crippen molar-refractivity contribution >= 4 is 149 Å². The zero-order valence-corrected chi connectivity index (χ0v) is 38.3. The van der Waals surface area contributed by atoms with Crippen molar-refractivity contribution in [3.05, 3.63) is 169 Å². The topological polar surface area (TPSA) is 148 Å². The summed E-state index contributed by atoms with van der Waals surface area (Å²) in [6.45, 7) is 0. The maximum Gasteiger partial charge on any atom is 0.259 e. The van der Waals surface area contributed by atoms with E-state index in [0.717, 1.165) is 13.4 Å². The van der Waals surface area contributed by atoms with Crippen molar-refractivity contribution in [2.24, 2.45) is 0 Å². The Kier molecular flexibility index (Phi) is 17.1. The van der Waals surface area contributed by atoms with Crippen LogP contribution in [0.5, 0.6) is 17.2 Å². The van der Waals surface area contributed by atoms with Crippen LogP contribution in [0.1, 0.15) is 31.1 Å². The number of phenols is 3. The summed E-state index contributed by atoms with van der Waals surface area (Å²) in [5.74, 6) is -1.68. The minimum absolute atomic E-state index is 0.00690.